The average molecular weight is 405 g/mol. The number of hydrogen-bond donors (Lipinski definition) is 0. The summed E-state index contributed by atoms with van der Waals surface area (Å²) in [6.45, 7) is 2.32. The van der Waals surface area contributed by atoms with Gasteiger partial charge in [0.2, 0.25) is 0 Å². The van der Waals surface area contributed by atoms with Crippen LogP contribution in [0.3, 0.4) is 0 Å². The number of unbranched alkanes of at least 4 members (excludes halogenated alkanes) is 1. The Morgan fingerprint density at radius 2 is 1.43 bits per heavy atom. The second-order valence-electron chi connectivity index (χ2n) is 9.50. The van der Waals surface area contributed by atoms with E-state index in [9.17, 15) is 4.39 Å². The van der Waals surface area contributed by atoms with Gasteiger partial charge in [-0.05, 0) is 74.3 Å². The molecule has 0 nitrogen and oxygen atoms in total. The first-order valence-corrected chi connectivity index (χ1v) is 13.0. The van der Waals surface area contributed by atoms with Crippen molar-refractivity contribution in [3.05, 3.63) is 30.3 Å². The molecule has 1 unspecified atom stereocenters. The fourth-order valence-electron chi connectivity index (χ4n) is 5.59. The predicted molar refractivity (Wildman–Crippen MR) is 122 cm³/mol. The van der Waals surface area contributed by atoms with Gasteiger partial charge >= 0.3 is 0 Å². The molecule has 0 aliphatic heterocycles. The fourth-order valence-corrected chi connectivity index (χ4v) is 6.48. The lowest BCUT2D eigenvalue weighted by Gasteiger charge is -2.38. The van der Waals surface area contributed by atoms with Gasteiger partial charge in [-0.25, -0.2) is 4.39 Å². The molecule has 1 atom stereocenters. The van der Waals surface area contributed by atoms with Crippen molar-refractivity contribution in [1.82, 2.24) is 0 Å². The molecule has 158 valence electrons. The van der Waals surface area contributed by atoms with E-state index in [1.807, 2.05) is 18.2 Å². The zero-order valence-corrected chi connectivity index (χ0v) is 18.8. The topological polar surface area (TPSA) is 0 Å². The molecule has 0 N–H and O–H groups in total. The quantitative estimate of drug-likeness (QED) is 0.351. The number of benzene rings is 1. The van der Waals surface area contributed by atoms with Crippen molar-refractivity contribution in [3.63, 3.8) is 0 Å². The van der Waals surface area contributed by atoms with Crippen molar-refractivity contribution in [2.75, 3.05) is 5.75 Å². The first-order chi connectivity index (χ1) is 13.7. The van der Waals surface area contributed by atoms with Crippen LogP contribution in [0, 0.1) is 23.7 Å². The monoisotopic (exact) mass is 404 g/mol. The molecule has 0 spiro atoms. The van der Waals surface area contributed by atoms with Crippen LogP contribution in [0.2, 0.25) is 0 Å². The van der Waals surface area contributed by atoms with E-state index in [1.165, 1.54) is 75.5 Å². The van der Waals surface area contributed by atoms with Crippen LogP contribution in [0.4, 0.5) is 4.39 Å². The molecule has 2 heteroatoms. The van der Waals surface area contributed by atoms with E-state index in [1.54, 1.807) is 11.8 Å². The lowest BCUT2D eigenvalue weighted by Crippen LogP contribution is -2.26. The lowest BCUT2D eigenvalue weighted by molar-refractivity contribution is 0.137. The van der Waals surface area contributed by atoms with E-state index >= 15 is 0 Å². The maximum absolute atomic E-state index is 14.3. The molecule has 3 rings (SSSR count). The minimum absolute atomic E-state index is 0.612. The van der Waals surface area contributed by atoms with E-state index in [2.05, 4.69) is 19.1 Å². The molecule has 0 bridgehead atoms. The van der Waals surface area contributed by atoms with Crippen LogP contribution >= 0.6 is 11.8 Å². The summed E-state index contributed by atoms with van der Waals surface area (Å²) in [5, 5.41) is 0. The van der Waals surface area contributed by atoms with E-state index < -0.39 is 6.17 Å². The van der Waals surface area contributed by atoms with Crippen molar-refractivity contribution in [3.8, 4) is 0 Å². The molecular weight excluding hydrogens is 363 g/mol. The summed E-state index contributed by atoms with van der Waals surface area (Å²) in [4.78, 5) is 1.19. The Bertz CT molecular complexity index is 514. The van der Waals surface area contributed by atoms with Crippen LogP contribution in [-0.4, -0.2) is 11.9 Å². The highest BCUT2D eigenvalue weighted by atomic mass is 32.2. The summed E-state index contributed by atoms with van der Waals surface area (Å²) >= 11 is 1.66. The van der Waals surface area contributed by atoms with Gasteiger partial charge in [0.1, 0.15) is 6.17 Å². The standard InChI is InChI=1S/C26H41FS/c1-2-3-7-21-10-15-23(16-11-21)24-17-12-22(13-18-24)14-19-25(27)20-28-26-8-5-4-6-9-26/h4-6,8-9,21-25H,2-3,7,10-20H2,1H3. The third-order valence-corrected chi connectivity index (χ3v) is 8.61. The smallest absolute Gasteiger partial charge is 0.109 e. The third-order valence-electron chi connectivity index (χ3n) is 7.48. The summed E-state index contributed by atoms with van der Waals surface area (Å²) < 4.78 is 14.3. The van der Waals surface area contributed by atoms with Crippen LogP contribution in [0.15, 0.2) is 35.2 Å². The summed E-state index contributed by atoms with van der Waals surface area (Å²) in [5.41, 5.74) is 0. The summed E-state index contributed by atoms with van der Waals surface area (Å²) in [7, 11) is 0. The maximum atomic E-state index is 14.3. The molecule has 0 aromatic heterocycles. The van der Waals surface area contributed by atoms with E-state index in [-0.39, 0.29) is 0 Å². The molecule has 2 aliphatic carbocycles. The van der Waals surface area contributed by atoms with Crippen LogP contribution < -0.4 is 0 Å². The van der Waals surface area contributed by atoms with E-state index in [0.29, 0.717) is 5.75 Å². The molecule has 0 radical (unpaired) electrons. The fraction of sp³-hybridized carbons (Fsp3) is 0.769. The van der Waals surface area contributed by atoms with Crippen molar-refractivity contribution >= 4 is 11.8 Å². The van der Waals surface area contributed by atoms with Gasteiger partial charge in [0.25, 0.3) is 0 Å². The molecule has 1 aromatic rings. The average Bonchev–Trinajstić information content (AvgIpc) is 2.76. The minimum atomic E-state index is -0.652. The number of alkyl halides is 1. The second kappa shape index (κ2) is 12.3. The summed E-state index contributed by atoms with van der Waals surface area (Å²) in [6.07, 6.45) is 17.0. The van der Waals surface area contributed by atoms with Crippen molar-refractivity contribution in [1.29, 1.82) is 0 Å². The molecule has 28 heavy (non-hydrogen) atoms. The van der Waals surface area contributed by atoms with Gasteiger partial charge in [-0.15, -0.1) is 11.8 Å². The Morgan fingerprint density at radius 3 is 2.00 bits per heavy atom. The van der Waals surface area contributed by atoms with Crippen molar-refractivity contribution < 1.29 is 4.39 Å². The first kappa shape index (κ1) is 22.2. The number of hydrogen-bond acceptors (Lipinski definition) is 1. The third kappa shape index (κ3) is 7.39. The van der Waals surface area contributed by atoms with Gasteiger partial charge in [0, 0.05) is 10.6 Å². The van der Waals surface area contributed by atoms with Gasteiger partial charge in [-0.1, -0.05) is 70.1 Å². The molecule has 0 amide bonds. The summed E-state index contributed by atoms with van der Waals surface area (Å²) in [6, 6.07) is 10.2. The van der Waals surface area contributed by atoms with Gasteiger partial charge in [-0.2, -0.15) is 0 Å². The molecule has 2 aliphatic rings. The Labute approximate surface area is 177 Å². The van der Waals surface area contributed by atoms with E-state index in [4.69, 9.17) is 0 Å². The number of rotatable bonds is 10. The molecular formula is C26H41FS. The largest absolute Gasteiger partial charge is 0.247 e. The first-order valence-electron chi connectivity index (χ1n) is 12.1. The molecule has 1 aromatic carbocycles. The van der Waals surface area contributed by atoms with Gasteiger partial charge in [0.05, 0.1) is 0 Å². The Balaban J connectivity index is 1.27. The normalized spacial score (nSPS) is 29.5. The zero-order chi connectivity index (χ0) is 19.6. The number of thioether (sulfide) groups is 1. The number of halogens is 1. The SMILES string of the molecule is CCCCC1CCC(C2CCC(CCC(F)CSc3ccccc3)CC2)CC1. The molecule has 2 fully saturated rings. The lowest BCUT2D eigenvalue weighted by atomic mass is 9.68. The van der Waals surface area contributed by atoms with Gasteiger partial charge in [0.15, 0.2) is 0 Å². The zero-order valence-electron chi connectivity index (χ0n) is 18.0. The highest BCUT2D eigenvalue weighted by molar-refractivity contribution is 7.99. The Kier molecular flexibility index (Phi) is 9.71. The Morgan fingerprint density at radius 1 is 0.857 bits per heavy atom. The maximum Gasteiger partial charge on any atom is 0.109 e. The minimum Gasteiger partial charge on any atom is -0.247 e. The van der Waals surface area contributed by atoms with Crippen LogP contribution in [-0.2, 0) is 0 Å². The molecule has 2 saturated carbocycles. The predicted octanol–water partition coefficient (Wildman–Crippen LogP) is 8.70. The van der Waals surface area contributed by atoms with Crippen molar-refractivity contribution in [2.24, 2.45) is 23.7 Å². The summed E-state index contributed by atoms with van der Waals surface area (Å²) in [5.74, 6) is 4.42. The van der Waals surface area contributed by atoms with Crippen LogP contribution in [0.5, 0.6) is 0 Å². The van der Waals surface area contributed by atoms with Gasteiger partial charge < -0.3 is 0 Å². The molecule has 0 saturated heterocycles. The van der Waals surface area contributed by atoms with Crippen molar-refractivity contribution in [2.45, 2.75) is 101 Å². The van der Waals surface area contributed by atoms with Gasteiger partial charge in [-0.3, -0.25) is 0 Å². The van der Waals surface area contributed by atoms with Crippen LogP contribution in [0.1, 0.15) is 90.4 Å². The second-order valence-corrected chi connectivity index (χ2v) is 10.6. The Hall–Kier alpha value is -0.500. The van der Waals surface area contributed by atoms with Crippen LogP contribution in [0.25, 0.3) is 0 Å². The highest BCUT2D eigenvalue weighted by Crippen LogP contribution is 2.43. The highest BCUT2D eigenvalue weighted by Gasteiger charge is 2.30. The molecule has 0 heterocycles. The van der Waals surface area contributed by atoms with E-state index in [0.717, 1.165) is 36.5 Å².